The predicted molar refractivity (Wildman–Crippen MR) is 144 cm³/mol. The summed E-state index contributed by atoms with van der Waals surface area (Å²) in [5.41, 5.74) is -3.34. The highest BCUT2D eigenvalue weighted by atomic mass is 16.6. The summed E-state index contributed by atoms with van der Waals surface area (Å²) < 4.78 is 23.6. The first-order chi connectivity index (χ1) is 19.1. The van der Waals surface area contributed by atoms with Crippen LogP contribution in [0.4, 0.5) is 0 Å². The summed E-state index contributed by atoms with van der Waals surface area (Å²) >= 11 is 0. The first-order valence-corrected chi connectivity index (χ1v) is 14.6. The molecule has 0 amide bonds. The number of ether oxygens (including phenoxy) is 4. The second kappa shape index (κ2) is 8.75. The molecule has 5 fully saturated rings. The van der Waals surface area contributed by atoms with Crippen LogP contribution in [-0.4, -0.2) is 103 Å². The Kier molecular flexibility index (Phi) is 5.88. The summed E-state index contributed by atoms with van der Waals surface area (Å²) in [5, 5.41) is 36.5. The van der Waals surface area contributed by atoms with Crippen molar-refractivity contribution >= 4 is 5.97 Å². The molecule has 4 saturated carbocycles. The number of benzene rings is 1. The third kappa shape index (κ3) is 3.01. The molecule has 9 heteroatoms. The first kappa shape index (κ1) is 26.9. The average molecular weight is 556 g/mol. The number of methoxy groups -OCH3 is 3. The lowest BCUT2D eigenvalue weighted by Gasteiger charge is -2.67. The predicted octanol–water partition coefficient (Wildman–Crippen LogP) is 1.64. The molecule has 3 N–H and O–H groups in total. The van der Waals surface area contributed by atoms with Crippen LogP contribution in [0.5, 0.6) is 5.75 Å². The molecule has 9 nitrogen and oxygen atoms in total. The molecule has 1 spiro atoms. The maximum atomic E-state index is 13.5. The Labute approximate surface area is 235 Å². The Morgan fingerprint density at radius 1 is 1.15 bits per heavy atom. The Balaban J connectivity index is 1.37. The molecule has 7 bridgehead atoms. The monoisotopic (exact) mass is 555 g/mol. The van der Waals surface area contributed by atoms with Gasteiger partial charge in [-0.3, -0.25) is 4.90 Å². The van der Waals surface area contributed by atoms with Gasteiger partial charge in [0.05, 0.1) is 37.1 Å². The van der Waals surface area contributed by atoms with Gasteiger partial charge in [-0.2, -0.15) is 0 Å². The van der Waals surface area contributed by atoms with Crippen LogP contribution in [0, 0.1) is 34.5 Å². The van der Waals surface area contributed by atoms with E-state index in [4.69, 9.17) is 18.9 Å². The molecule has 0 radical (unpaired) electrons. The van der Waals surface area contributed by atoms with Crippen LogP contribution in [-0.2, 0) is 14.2 Å². The summed E-state index contributed by atoms with van der Waals surface area (Å²) in [6, 6.07) is 6.79. The summed E-state index contributed by atoms with van der Waals surface area (Å²) in [7, 11) is 4.93. The minimum atomic E-state index is -1.40. The van der Waals surface area contributed by atoms with Gasteiger partial charge in [-0.15, -0.1) is 0 Å². The van der Waals surface area contributed by atoms with Crippen LogP contribution >= 0.6 is 0 Å². The van der Waals surface area contributed by atoms with Crippen LogP contribution in [0.1, 0.15) is 36.5 Å². The van der Waals surface area contributed by atoms with Crippen LogP contribution < -0.4 is 4.74 Å². The number of carbonyl (C=O) groups is 1. The molecule has 12 atom stereocenters. The van der Waals surface area contributed by atoms with Gasteiger partial charge in [-0.1, -0.05) is 25.1 Å². The van der Waals surface area contributed by atoms with E-state index in [0.29, 0.717) is 37.3 Å². The molecule has 1 aromatic rings. The lowest BCUT2D eigenvalue weighted by atomic mass is 9.44. The van der Waals surface area contributed by atoms with E-state index in [2.05, 4.69) is 11.8 Å². The first-order valence-electron chi connectivity index (χ1n) is 14.6. The normalized spacial score (nSPS) is 49.7. The van der Waals surface area contributed by atoms with Crippen molar-refractivity contribution in [3.05, 3.63) is 42.0 Å². The lowest BCUT2D eigenvalue weighted by Crippen LogP contribution is -2.74. The lowest BCUT2D eigenvalue weighted by molar-refractivity contribution is -0.248. The number of likely N-dealkylation sites (tertiary alicyclic amines) is 1. The maximum absolute atomic E-state index is 13.5. The van der Waals surface area contributed by atoms with Crippen LogP contribution in [0.25, 0.3) is 0 Å². The standard InChI is InChI=1S/C31H41NO8/c1-5-32-15-28(16-37-2)20(33)9-10-30-19-14-29(35)11-12-31(36,22(25(30)32)23(39-4)24(28)30)21(19)26(29)40-27(34)17-7-6-8-18(13-17)38-3/h6-8,11-13,19-26,33,35-36H,5,9-10,14-16H2,1-4H3/t19?,20-,21?,22?,23+,24-,25?,26-,28+,29-,30-,31-/m1/s1. The fourth-order valence-corrected chi connectivity index (χ4v) is 10.9. The smallest absolute Gasteiger partial charge is 0.338 e. The van der Waals surface area contributed by atoms with Crippen molar-refractivity contribution in [3.8, 4) is 5.75 Å². The van der Waals surface area contributed by atoms with Gasteiger partial charge in [0.2, 0.25) is 0 Å². The Morgan fingerprint density at radius 3 is 2.65 bits per heavy atom. The fraction of sp³-hybridized carbons (Fsp3) is 0.710. The number of esters is 1. The quantitative estimate of drug-likeness (QED) is 0.341. The molecule has 5 aliphatic carbocycles. The number of aliphatic hydroxyl groups excluding tert-OH is 1. The van der Waals surface area contributed by atoms with Crippen molar-refractivity contribution in [1.29, 1.82) is 0 Å². The van der Waals surface area contributed by atoms with Crippen LogP contribution in [0.2, 0.25) is 0 Å². The second-order valence-corrected chi connectivity index (χ2v) is 13.2. The Bertz CT molecular complexity index is 1240. The van der Waals surface area contributed by atoms with E-state index in [1.807, 2.05) is 0 Å². The molecule has 6 aliphatic rings. The third-order valence-electron chi connectivity index (χ3n) is 12.0. The maximum Gasteiger partial charge on any atom is 0.338 e. The van der Waals surface area contributed by atoms with Gasteiger partial charge in [0.25, 0.3) is 0 Å². The van der Waals surface area contributed by atoms with E-state index in [0.717, 1.165) is 13.0 Å². The highest BCUT2D eigenvalue weighted by molar-refractivity contribution is 5.90. The molecule has 7 rings (SSSR count). The highest BCUT2D eigenvalue weighted by Gasteiger charge is 2.86. The minimum Gasteiger partial charge on any atom is -0.497 e. The van der Waals surface area contributed by atoms with Gasteiger partial charge >= 0.3 is 5.97 Å². The molecule has 1 aromatic carbocycles. The molecular weight excluding hydrogens is 514 g/mol. The molecule has 40 heavy (non-hydrogen) atoms. The molecule has 4 unspecified atom stereocenters. The van der Waals surface area contributed by atoms with Crippen molar-refractivity contribution in [2.45, 2.75) is 61.7 Å². The van der Waals surface area contributed by atoms with Crippen molar-refractivity contribution in [1.82, 2.24) is 4.90 Å². The summed E-state index contributed by atoms with van der Waals surface area (Å²) in [5.74, 6) is -1.06. The number of hydrogen-bond acceptors (Lipinski definition) is 9. The SMILES string of the molecule is CCN1C[C@]2(COC)[C@H](O)CC[C@]34C5C[C@]6(O)C=C[C@@](O)(C5[C@H]6OC(=O)c5cccc(OC)c5)C(C13)[C@H](OC)[C@@H]42. The van der Waals surface area contributed by atoms with Crippen molar-refractivity contribution in [2.75, 3.05) is 41.0 Å². The van der Waals surface area contributed by atoms with Gasteiger partial charge in [0.1, 0.15) is 17.5 Å². The van der Waals surface area contributed by atoms with E-state index in [-0.39, 0.29) is 35.3 Å². The van der Waals surface area contributed by atoms with Crippen molar-refractivity contribution in [3.63, 3.8) is 0 Å². The van der Waals surface area contributed by atoms with Crippen molar-refractivity contribution < 1.29 is 39.1 Å². The number of nitrogens with zero attached hydrogens (tertiary/aromatic N) is 1. The number of carbonyl (C=O) groups excluding carboxylic acids is 1. The number of piperidine rings is 1. The van der Waals surface area contributed by atoms with E-state index in [1.165, 1.54) is 0 Å². The topological polar surface area (TPSA) is 118 Å². The molecule has 0 aromatic heterocycles. The molecular formula is C31H41NO8. The third-order valence-corrected chi connectivity index (χ3v) is 12.0. The minimum absolute atomic E-state index is 0.0102. The van der Waals surface area contributed by atoms with Crippen molar-refractivity contribution in [2.24, 2.45) is 34.5 Å². The van der Waals surface area contributed by atoms with Crippen LogP contribution in [0.15, 0.2) is 36.4 Å². The fourth-order valence-electron chi connectivity index (χ4n) is 10.9. The van der Waals surface area contributed by atoms with Gasteiger partial charge < -0.3 is 34.3 Å². The van der Waals surface area contributed by atoms with Crippen LogP contribution in [0.3, 0.4) is 0 Å². The summed E-state index contributed by atoms with van der Waals surface area (Å²) in [4.78, 5) is 15.9. The van der Waals surface area contributed by atoms with E-state index in [9.17, 15) is 20.1 Å². The number of hydrogen-bond donors (Lipinski definition) is 3. The van der Waals surface area contributed by atoms with Gasteiger partial charge in [0.15, 0.2) is 0 Å². The number of rotatable bonds is 7. The number of fused-ring (bicyclic) bond motifs is 2. The zero-order valence-corrected chi connectivity index (χ0v) is 23.7. The summed E-state index contributed by atoms with van der Waals surface area (Å²) in [6.07, 6.45) is 3.40. The Morgan fingerprint density at radius 2 is 1.95 bits per heavy atom. The number of aliphatic hydroxyl groups is 3. The molecule has 1 saturated heterocycles. The van der Waals surface area contributed by atoms with E-state index >= 15 is 0 Å². The summed E-state index contributed by atoms with van der Waals surface area (Å²) in [6.45, 7) is 3.95. The second-order valence-electron chi connectivity index (χ2n) is 13.2. The Hall–Kier alpha value is -2.01. The van der Waals surface area contributed by atoms with Gasteiger partial charge in [-0.05, 0) is 55.3 Å². The average Bonchev–Trinajstić information content (AvgIpc) is 3.31. The molecule has 218 valence electrons. The van der Waals surface area contributed by atoms with Gasteiger partial charge in [0, 0.05) is 50.0 Å². The highest BCUT2D eigenvalue weighted by Crippen LogP contribution is 2.78. The van der Waals surface area contributed by atoms with E-state index in [1.54, 1.807) is 57.7 Å². The van der Waals surface area contributed by atoms with Gasteiger partial charge in [-0.25, -0.2) is 4.79 Å². The zero-order chi connectivity index (χ0) is 28.2. The van der Waals surface area contributed by atoms with E-state index < -0.39 is 40.7 Å². The molecule has 1 heterocycles. The largest absolute Gasteiger partial charge is 0.497 e. The molecule has 1 aliphatic heterocycles. The zero-order valence-electron chi connectivity index (χ0n) is 23.7.